The molecule has 11 rings (SSSR count). The van der Waals surface area contributed by atoms with E-state index in [1.54, 1.807) is 11.1 Å². The van der Waals surface area contributed by atoms with Crippen molar-refractivity contribution in [2.75, 3.05) is 0 Å². The lowest BCUT2D eigenvalue weighted by Gasteiger charge is -2.64. The van der Waals surface area contributed by atoms with Crippen LogP contribution in [0.1, 0.15) is 133 Å². The van der Waals surface area contributed by atoms with Crippen molar-refractivity contribution in [3.05, 3.63) is 144 Å². The minimum absolute atomic E-state index is 0.226. The van der Waals surface area contributed by atoms with Gasteiger partial charge >= 0.3 is 0 Å². The quantitative estimate of drug-likeness (QED) is 0.204. The van der Waals surface area contributed by atoms with E-state index >= 15 is 0 Å². The summed E-state index contributed by atoms with van der Waals surface area (Å²) in [4.78, 5) is 0. The zero-order valence-electron chi connectivity index (χ0n) is 30.1. The number of rotatable bonds is 10. The Morgan fingerprint density at radius 2 is 0.700 bits per heavy atom. The second-order valence-corrected chi connectivity index (χ2v) is 18.0. The maximum Gasteiger partial charge on any atom is -0.00328 e. The highest BCUT2D eigenvalue weighted by Crippen LogP contribution is 2.69. The first-order valence-electron chi connectivity index (χ1n) is 19.5. The largest absolute Gasteiger partial charge is 0.0984 e. The molecule has 0 radical (unpaired) electrons. The van der Waals surface area contributed by atoms with E-state index in [-0.39, 0.29) is 21.7 Å². The molecule has 0 heteroatoms. The van der Waals surface area contributed by atoms with Gasteiger partial charge < -0.3 is 0 Å². The van der Waals surface area contributed by atoms with E-state index in [4.69, 9.17) is 0 Å². The molecule has 0 amide bonds. The molecule has 3 aromatic carbocycles. The fourth-order valence-electron chi connectivity index (χ4n) is 14.2. The summed E-state index contributed by atoms with van der Waals surface area (Å²) in [6.45, 7) is 25.1. The molecule has 0 heterocycles. The molecule has 50 heavy (non-hydrogen) atoms. The SMILES string of the molecule is C=Cc1cc(C23CC4CC(CC(c5cccc(C67CC8CC(C6)CC(c6cc(C=C)c(C=C)c(C=C)c6)(C8)C7)c5)(C4)C2)C3)cc(C=C)c1C=C. The lowest BCUT2D eigenvalue weighted by atomic mass is 9.40. The van der Waals surface area contributed by atoms with Crippen molar-refractivity contribution < 1.29 is 0 Å². The number of benzene rings is 3. The monoisotopic (exact) mass is 654 g/mol. The van der Waals surface area contributed by atoms with E-state index in [0.29, 0.717) is 0 Å². The molecule has 8 aliphatic carbocycles. The van der Waals surface area contributed by atoms with E-state index in [0.717, 1.165) is 34.8 Å². The van der Waals surface area contributed by atoms with Crippen molar-refractivity contribution in [2.45, 2.75) is 98.7 Å². The molecular weight excluding hydrogens is 601 g/mol. The Labute approximate surface area is 301 Å². The summed E-state index contributed by atoms with van der Waals surface area (Å²) in [5.41, 5.74) is 14.4. The smallest absolute Gasteiger partial charge is 0.00328 e. The lowest BCUT2D eigenvalue weighted by molar-refractivity contribution is -0.0310. The molecule has 3 aromatic rings. The molecule has 8 aliphatic rings. The molecule has 8 fully saturated rings. The number of hydrogen-bond donors (Lipinski definition) is 0. The van der Waals surface area contributed by atoms with Crippen LogP contribution in [0.3, 0.4) is 0 Å². The second kappa shape index (κ2) is 11.3. The summed E-state index contributed by atoms with van der Waals surface area (Å²) in [7, 11) is 0. The summed E-state index contributed by atoms with van der Waals surface area (Å²) < 4.78 is 0. The molecular formula is C50H54. The Morgan fingerprint density at radius 1 is 0.400 bits per heavy atom. The van der Waals surface area contributed by atoms with E-state index in [1.165, 1.54) is 110 Å². The summed E-state index contributed by atoms with van der Waals surface area (Å²) >= 11 is 0. The Hall–Kier alpha value is -3.90. The molecule has 0 aliphatic heterocycles. The fourth-order valence-corrected chi connectivity index (χ4v) is 14.2. The van der Waals surface area contributed by atoms with Gasteiger partial charge in [0, 0.05) is 0 Å². The molecule has 8 bridgehead atoms. The second-order valence-electron chi connectivity index (χ2n) is 18.0. The van der Waals surface area contributed by atoms with E-state index in [2.05, 4.69) is 88.0 Å². The highest BCUT2D eigenvalue weighted by Gasteiger charge is 2.61. The minimum atomic E-state index is 0.226. The van der Waals surface area contributed by atoms with Crippen molar-refractivity contribution in [3.8, 4) is 0 Å². The van der Waals surface area contributed by atoms with Gasteiger partial charge in [0.2, 0.25) is 0 Å². The van der Waals surface area contributed by atoms with Crippen LogP contribution in [-0.4, -0.2) is 0 Å². The highest BCUT2D eigenvalue weighted by molar-refractivity contribution is 5.75. The van der Waals surface area contributed by atoms with Gasteiger partial charge in [-0.05, 0) is 178 Å². The van der Waals surface area contributed by atoms with Crippen LogP contribution in [-0.2, 0) is 21.7 Å². The van der Waals surface area contributed by atoms with Crippen LogP contribution in [0.15, 0.2) is 88.0 Å². The van der Waals surface area contributed by atoms with Crippen LogP contribution in [0.5, 0.6) is 0 Å². The zero-order chi connectivity index (χ0) is 34.5. The van der Waals surface area contributed by atoms with Crippen molar-refractivity contribution in [3.63, 3.8) is 0 Å². The summed E-state index contributed by atoms with van der Waals surface area (Å²) in [5, 5.41) is 0. The molecule has 4 atom stereocenters. The van der Waals surface area contributed by atoms with Crippen LogP contribution in [0.4, 0.5) is 0 Å². The Kier molecular flexibility index (Phi) is 7.24. The van der Waals surface area contributed by atoms with Gasteiger partial charge in [0.05, 0.1) is 0 Å². The minimum Gasteiger partial charge on any atom is -0.0984 e. The van der Waals surface area contributed by atoms with Gasteiger partial charge in [-0.2, -0.15) is 0 Å². The van der Waals surface area contributed by atoms with Gasteiger partial charge in [-0.1, -0.05) is 124 Å². The van der Waals surface area contributed by atoms with Gasteiger partial charge in [0.15, 0.2) is 0 Å². The Morgan fingerprint density at radius 3 is 0.980 bits per heavy atom. The third kappa shape index (κ3) is 4.56. The normalized spacial score (nSPS) is 35.8. The van der Waals surface area contributed by atoms with Crippen molar-refractivity contribution in [2.24, 2.45) is 23.7 Å². The third-order valence-electron chi connectivity index (χ3n) is 15.2. The van der Waals surface area contributed by atoms with Crippen LogP contribution < -0.4 is 0 Å². The summed E-state index contributed by atoms with van der Waals surface area (Å²) in [5.74, 6) is 3.21. The standard InChI is InChI=1S/C50H54/c1-7-37-18-43(19-38(8-2)45(37)11-5)49-27-33-16-34(28-49)24-47(23-33,31-49)41-14-13-15-42(22-41)48-25-35-17-36(26-48)30-50(29-35,32-48)44-20-39(9-3)46(12-6)40(10-4)21-44/h7-15,18-22,33-36H,1-6,16-17,23-32H2. The van der Waals surface area contributed by atoms with E-state index < -0.39 is 0 Å². The molecule has 0 saturated heterocycles. The number of hydrogen-bond acceptors (Lipinski definition) is 0. The molecule has 254 valence electrons. The van der Waals surface area contributed by atoms with E-state index in [9.17, 15) is 0 Å². The maximum absolute atomic E-state index is 4.21. The van der Waals surface area contributed by atoms with Crippen molar-refractivity contribution in [1.29, 1.82) is 0 Å². The van der Waals surface area contributed by atoms with Gasteiger partial charge in [-0.3, -0.25) is 0 Å². The average Bonchev–Trinajstić information content (AvgIpc) is 3.12. The predicted octanol–water partition coefficient (Wildman–Crippen LogP) is 13.1. The first-order chi connectivity index (χ1) is 24.2. The first kappa shape index (κ1) is 32.0. The third-order valence-corrected chi connectivity index (χ3v) is 15.2. The zero-order valence-corrected chi connectivity index (χ0v) is 30.1. The van der Waals surface area contributed by atoms with Crippen molar-refractivity contribution >= 4 is 36.5 Å². The molecule has 0 nitrogen and oxygen atoms in total. The molecule has 8 saturated carbocycles. The lowest BCUT2D eigenvalue weighted by Crippen LogP contribution is -2.56. The van der Waals surface area contributed by atoms with Gasteiger partial charge in [0.25, 0.3) is 0 Å². The first-order valence-corrected chi connectivity index (χ1v) is 19.5. The molecule has 0 spiro atoms. The topological polar surface area (TPSA) is 0 Å². The van der Waals surface area contributed by atoms with Crippen LogP contribution >= 0.6 is 0 Å². The van der Waals surface area contributed by atoms with Crippen LogP contribution in [0.2, 0.25) is 0 Å². The van der Waals surface area contributed by atoms with Gasteiger partial charge in [0.1, 0.15) is 0 Å². The molecule has 0 aromatic heterocycles. The van der Waals surface area contributed by atoms with Crippen LogP contribution in [0, 0.1) is 23.7 Å². The highest BCUT2D eigenvalue weighted by atomic mass is 14.6. The Bertz CT molecular complexity index is 1750. The van der Waals surface area contributed by atoms with E-state index in [1.807, 2.05) is 36.5 Å². The molecule has 0 N–H and O–H groups in total. The van der Waals surface area contributed by atoms with Crippen molar-refractivity contribution in [1.82, 2.24) is 0 Å². The Balaban J connectivity index is 1.11. The summed E-state index contributed by atoms with van der Waals surface area (Å²) in [6.07, 6.45) is 28.1. The fraction of sp³-hybridized carbons (Fsp3) is 0.400. The summed E-state index contributed by atoms with van der Waals surface area (Å²) in [6, 6.07) is 20.1. The van der Waals surface area contributed by atoms with Gasteiger partial charge in [-0.15, -0.1) is 0 Å². The van der Waals surface area contributed by atoms with Crippen LogP contribution in [0.25, 0.3) is 36.5 Å². The van der Waals surface area contributed by atoms with Gasteiger partial charge in [-0.25, -0.2) is 0 Å². The average molecular weight is 655 g/mol. The molecule has 4 unspecified atom stereocenters. The predicted molar refractivity (Wildman–Crippen MR) is 216 cm³/mol. The maximum atomic E-state index is 4.21.